The van der Waals surface area contributed by atoms with Crippen molar-refractivity contribution in [1.29, 1.82) is 0 Å². The van der Waals surface area contributed by atoms with E-state index in [1.165, 1.54) is 25.3 Å². The molecule has 2 aromatic rings. The molecule has 6 heteroatoms. The molecule has 0 spiro atoms. The molecule has 0 amide bonds. The van der Waals surface area contributed by atoms with Crippen LogP contribution in [0.25, 0.3) is 0 Å². The van der Waals surface area contributed by atoms with Crippen LogP contribution in [-0.2, 0) is 0 Å². The summed E-state index contributed by atoms with van der Waals surface area (Å²) in [5.74, 6) is 0.685. The lowest BCUT2D eigenvalue weighted by atomic mass is 10.0. The number of rotatable bonds is 4. The van der Waals surface area contributed by atoms with Gasteiger partial charge < -0.3 is 9.47 Å². The molecule has 0 N–H and O–H groups in total. The fourth-order valence-corrected chi connectivity index (χ4v) is 2.96. The van der Waals surface area contributed by atoms with Gasteiger partial charge in [0.15, 0.2) is 0 Å². The summed E-state index contributed by atoms with van der Waals surface area (Å²) < 4.78 is 25.3. The van der Waals surface area contributed by atoms with Gasteiger partial charge in [0.2, 0.25) is 0 Å². The van der Waals surface area contributed by atoms with Gasteiger partial charge in [-0.15, -0.1) is 11.6 Å². The summed E-state index contributed by atoms with van der Waals surface area (Å²) in [7, 11) is 3.06. The maximum atomic E-state index is 14.0. The normalized spacial score (nSPS) is 12.1. The van der Waals surface area contributed by atoms with Gasteiger partial charge >= 0.3 is 0 Å². The van der Waals surface area contributed by atoms with E-state index in [2.05, 4.69) is 15.9 Å². The molecule has 0 bridgehead atoms. The maximum absolute atomic E-state index is 14.0. The Balaban J connectivity index is 2.56. The van der Waals surface area contributed by atoms with E-state index in [9.17, 15) is 4.39 Å². The highest BCUT2D eigenvalue weighted by Gasteiger charge is 2.21. The quantitative estimate of drug-likeness (QED) is 0.630. The van der Waals surface area contributed by atoms with Gasteiger partial charge in [-0.05, 0) is 46.3 Å². The lowest BCUT2D eigenvalue weighted by molar-refractivity contribution is 0.397. The first kappa shape index (κ1) is 16.4. The Morgan fingerprint density at radius 3 is 2.33 bits per heavy atom. The fourth-order valence-electron chi connectivity index (χ4n) is 1.96. The number of halogens is 4. The van der Waals surface area contributed by atoms with E-state index in [0.29, 0.717) is 22.1 Å². The van der Waals surface area contributed by atoms with Crippen LogP contribution in [0, 0.1) is 5.82 Å². The predicted octanol–water partition coefficient (Wildman–Crippen LogP) is 5.59. The molecule has 1 unspecified atom stereocenters. The minimum atomic E-state index is -0.749. The first-order valence-electron chi connectivity index (χ1n) is 5.98. The standard InChI is InChI=1S/C15H12BrCl2FO2/c1-20-13-7-11(16)14(21-2)6-10(13)15(18)9-5-8(17)3-4-12(9)19/h3-7,15H,1-2H3. The maximum Gasteiger partial charge on any atom is 0.133 e. The molecular weight excluding hydrogens is 382 g/mol. The van der Waals surface area contributed by atoms with Gasteiger partial charge in [-0.25, -0.2) is 4.39 Å². The lowest BCUT2D eigenvalue weighted by Crippen LogP contribution is -2.01. The highest BCUT2D eigenvalue weighted by atomic mass is 79.9. The summed E-state index contributed by atoms with van der Waals surface area (Å²) in [6.07, 6.45) is 0. The van der Waals surface area contributed by atoms with Crippen molar-refractivity contribution in [1.82, 2.24) is 0 Å². The van der Waals surface area contributed by atoms with Gasteiger partial charge in [-0.2, -0.15) is 0 Å². The zero-order chi connectivity index (χ0) is 15.6. The Bertz CT molecular complexity index is 664. The van der Waals surface area contributed by atoms with Gasteiger partial charge in [0, 0.05) is 16.1 Å². The molecule has 0 heterocycles. The second-order valence-corrected chi connectivity index (χ2v) is 5.98. The number of methoxy groups -OCH3 is 2. The van der Waals surface area contributed by atoms with Crippen LogP contribution in [0.3, 0.4) is 0 Å². The van der Waals surface area contributed by atoms with Crippen molar-refractivity contribution in [2.75, 3.05) is 14.2 Å². The summed E-state index contributed by atoms with van der Waals surface area (Å²) in [5, 5.41) is -0.333. The van der Waals surface area contributed by atoms with Crippen molar-refractivity contribution in [3.63, 3.8) is 0 Å². The summed E-state index contributed by atoms with van der Waals surface area (Å²) in [5.41, 5.74) is 0.882. The highest BCUT2D eigenvalue weighted by Crippen LogP contribution is 2.41. The van der Waals surface area contributed by atoms with Crippen molar-refractivity contribution in [2.24, 2.45) is 0 Å². The molecule has 1 atom stereocenters. The van der Waals surface area contributed by atoms with Gasteiger partial charge in [0.05, 0.1) is 24.1 Å². The molecular formula is C15H12BrCl2FO2. The molecule has 0 aliphatic rings. The average Bonchev–Trinajstić information content (AvgIpc) is 2.48. The number of benzene rings is 2. The molecule has 2 aromatic carbocycles. The van der Waals surface area contributed by atoms with E-state index in [1.54, 1.807) is 19.2 Å². The summed E-state index contributed by atoms with van der Waals surface area (Å²) in [6.45, 7) is 0. The summed E-state index contributed by atoms with van der Waals surface area (Å²) >= 11 is 15.7. The Kier molecular flexibility index (Phi) is 5.36. The molecule has 0 aliphatic carbocycles. The monoisotopic (exact) mass is 392 g/mol. The number of hydrogen-bond acceptors (Lipinski definition) is 2. The van der Waals surface area contributed by atoms with Gasteiger partial charge in [-0.1, -0.05) is 11.6 Å². The van der Waals surface area contributed by atoms with Gasteiger partial charge in [0.1, 0.15) is 17.3 Å². The molecule has 2 rings (SSSR count). The number of ether oxygens (including phenoxy) is 2. The van der Waals surface area contributed by atoms with E-state index in [1.807, 2.05) is 0 Å². The summed E-state index contributed by atoms with van der Waals surface area (Å²) in [6, 6.07) is 7.70. The third kappa shape index (κ3) is 3.44. The minimum Gasteiger partial charge on any atom is -0.496 e. The number of alkyl halides is 1. The Morgan fingerprint density at radius 1 is 1.05 bits per heavy atom. The Labute approximate surface area is 140 Å². The second-order valence-electron chi connectivity index (χ2n) is 4.26. The third-order valence-corrected chi connectivity index (χ3v) is 4.33. The second kappa shape index (κ2) is 6.86. The minimum absolute atomic E-state index is 0.284. The van der Waals surface area contributed by atoms with E-state index >= 15 is 0 Å². The van der Waals surface area contributed by atoms with Gasteiger partial charge in [-0.3, -0.25) is 0 Å². The predicted molar refractivity (Wildman–Crippen MR) is 86.4 cm³/mol. The zero-order valence-electron chi connectivity index (χ0n) is 11.3. The molecule has 0 saturated heterocycles. The van der Waals surface area contributed by atoms with E-state index < -0.39 is 11.2 Å². The number of hydrogen-bond donors (Lipinski definition) is 0. The van der Waals surface area contributed by atoms with Crippen LogP contribution in [0.5, 0.6) is 11.5 Å². The third-order valence-electron chi connectivity index (χ3n) is 3.01. The highest BCUT2D eigenvalue weighted by molar-refractivity contribution is 9.10. The topological polar surface area (TPSA) is 18.5 Å². The van der Waals surface area contributed by atoms with E-state index in [0.717, 1.165) is 4.47 Å². The van der Waals surface area contributed by atoms with Crippen LogP contribution < -0.4 is 9.47 Å². The molecule has 112 valence electrons. The molecule has 0 radical (unpaired) electrons. The average molecular weight is 394 g/mol. The van der Waals surface area contributed by atoms with Gasteiger partial charge in [0.25, 0.3) is 0 Å². The molecule has 21 heavy (non-hydrogen) atoms. The summed E-state index contributed by atoms with van der Waals surface area (Å²) in [4.78, 5) is 0. The SMILES string of the molecule is COc1cc(C(Cl)c2cc(Cl)ccc2F)c(OC)cc1Br. The van der Waals surface area contributed by atoms with E-state index in [4.69, 9.17) is 32.7 Å². The van der Waals surface area contributed by atoms with Crippen LogP contribution in [0.15, 0.2) is 34.8 Å². The van der Waals surface area contributed by atoms with Crippen molar-refractivity contribution >= 4 is 39.1 Å². The fraction of sp³-hybridized carbons (Fsp3) is 0.200. The van der Waals surface area contributed by atoms with Crippen molar-refractivity contribution in [2.45, 2.75) is 5.38 Å². The Morgan fingerprint density at radius 2 is 1.71 bits per heavy atom. The smallest absolute Gasteiger partial charge is 0.133 e. The molecule has 0 fully saturated rings. The van der Waals surface area contributed by atoms with Crippen LogP contribution in [0.2, 0.25) is 5.02 Å². The van der Waals surface area contributed by atoms with Crippen molar-refractivity contribution in [3.05, 3.63) is 56.8 Å². The van der Waals surface area contributed by atoms with Crippen LogP contribution >= 0.6 is 39.1 Å². The molecule has 0 saturated carbocycles. The van der Waals surface area contributed by atoms with Crippen LogP contribution in [-0.4, -0.2) is 14.2 Å². The van der Waals surface area contributed by atoms with Crippen molar-refractivity contribution in [3.8, 4) is 11.5 Å². The lowest BCUT2D eigenvalue weighted by Gasteiger charge is -2.17. The van der Waals surface area contributed by atoms with Crippen LogP contribution in [0.4, 0.5) is 4.39 Å². The molecule has 0 aliphatic heterocycles. The van der Waals surface area contributed by atoms with E-state index in [-0.39, 0.29) is 5.56 Å². The first-order valence-corrected chi connectivity index (χ1v) is 7.59. The van der Waals surface area contributed by atoms with Crippen LogP contribution in [0.1, 0.15) is 16.5 Å². The largest absolute Gasteiger partial charge is 0.496 e. The zero-order valence-corrected chi connectivity index (χ0v) is 14.4. The molecule has 0 aromatic heterocycles. The molecule has 2 nitrogen and oxygen atoms in total. The first-order chi connectivity index (χ1) is 9.97. The Hall–Kier alpha value is -0.970. The van der Waals surface area contributed by atoms with Crippen molar-refractivity contribution < 1.29 is 13.9 Å².